The van der Waals surface area contributed by atoms with Crippen LogP contribution in [0.1, 0.15) is 25.8 Å². The van der Waals surface area contributed by atoms with Gasteiger partial charge in [0, 0.05) is 6.07 Å². The van der Waals surface area contributed by atoms with E-state index in [0.717, 1.165) is 12.0 Å². The molecule has 78 valence electrons. The second-order valence-corrected chi connectivity index (χ2v) is 4.12. The molecule has 0 radical (unpaired) electrons. The minimum absolute atomic E-state index is 0.0785. The van der Waals surface area contributed by atoms with Gasteiger partial charge in [-0.25, -0.2) is 0 Å². The van der Waals surface area contributed by atoms with Crippen LogP contribution in [0.15, 0.2) is 18.2 Å². The third-order valence-corrected chi connectivity index (χ3v) is 2.48. The molecule has 0 saturated heterocycles. The van der Waals surface area contributed by atoms with Gasteiger partial charge in [-0.15, -0.1) is 0 Å². The highest BCUT2D eigenvalue weighted by molar-refractivity contribution is 5.42. The lowest BCUT2D eigenvalue weighted by atomic mass is 9.81. The maximum absolute atomic E-state index is 9.65. The van der Waals surface area contributed by atoms with Gasteiger partial charge >= 0.3 is 0 Å². The van der Waals surface area contributed by atoms with Crippen LogP contribution in [0.3, 0.4) is 0 Å². The van der Waals surface area contributed by atoms with E-state index in [9.17, 15) is 5.11 Å². The molecule has 0 aliphatic heterocycles. The average Bonchev–Trinajstić information content (AvgIpc) is 2.02. The molecule has 0 spiro atoms. The van der Waals surface area contributed by atoms with Crippen LogP contribution >= 0.6 is 0 Å². The number of rotatable bonds is 3. The highest BCUT2D eigenvalue weighted by atomic mass is 16.3. The van der Waals surface area contributed by atoms with Gasteiger partial charge in [0.1, 0.15) is 11.5 Å². The summed E-state index contributed by atoms with van der Waals surface area (Å²) in [5.41, 5.74) is 6.16. The lowest BCUT2D eigenvalue weighted by Crippen LogP contribution is -2.21. The van der Waals surface area contributed by atoms with Gasteiger partial charge in [-0.1, -0.05) is 19.9 Å². The molecule has 1 rings (SSSR count). The smallest absolute Gasteiger partial charge is 0.122 e. The molecule has 0 saturated carbocycles. The normalized spacial score (nSPS) is 11.6. The zero-order valence-corrected chi connectivity index (χ0v) is 8.62. The van der Waals surface area contributed by atoms with Crippen molar-refractivity contribution < 1.29 is 10.2 Å². The molecular weight excluding hydrogens is 178 g/mol. The minimum atomic E-state index is -0.160. The van der Waals surface area contributed by atoms with Gasteiger partial charge < -0.3 is 15.9 Å². The first-order valence-corrected chi connectivity index (χ1v) is 4.70. The molecule has 4 N–H and O–H groups in total. The molecule has 0 aliphatic rings. The molecule has 0 atom stereocenters. The monoisotopic (exact) mass is 195 g/mol. The summed E-state index contributed by atoms with van der Waals surface area (Å²) in [7, 11) is 0. The maximum Gasteiger partial charge on any atom is 0.122 e. The molecule has 0 bridgehead atoms. The van der Waals surface area contributed by atoms with E-state index in [0.29, 0.717) is 6.54 Å². The lowest BCUT2D eigenvalue weighted by molar-refractivity contribution is 0.414. The Labute approximate surface area is 84.2 Å². The SMILES string of the molecule is CC(C)(CCN)c1ccc(O)cc1O. The predicted octanol–water partition coefficient (Wildman–Crippen LogP) is 1.72. The Bertz CT molecular complexity index is 321. The van der Waals surface area contributed by atoms with Crippen molar-refractivity contribution in [2.45, 2.75) is 25.7 Å². The molecule has 3 heteroatoms. The van der Waals surface area contributed by atoms with E-state index in [4.69, 9.17) is 10.8 Å². The summed E-state index contributed by atoms with van der Waals surface area (Å²) < 4.78 is 0. The summed E-state index contributed by atoms with van der Waals surface area (Å²) >= 11 is 0. The quantitative estimate of drug-likeness (QED) is 0.688. The fourth-order valence-electron chi connectivity index (χ4n) is 1.59. The molecule has 0 fully saturated rings. The summed E-state index contributed by atoms with van der Waals surface area (Å²) in [5.74, 6) is 0.207. The molecule has 1 aromatic rings. The topological polar surface area (TPSA) is 66.5 Å². The van der Waals surface area contributed by atoms with Gasteiger partial charge in [-0.05, 0) is 30.0 Å². The van der Waals surface area contributed by atoms with Gasteiger partial charge in [0.05, 0.1) is 0 Å². The van der Waals surface area contributed by atoms with E-state index in [2.05, 4.69) is 0 Å². The molecule has 0 aliphatic carbocycles. The Balaban J connectivity index is 3.06. The van der Waals surface area contributed by atoms with Crippen LogP contribution in [0, 0.1) is 0 Å². The second kappa shape index (κ2) is 3.88. The van der Waals surface area contributed by atoms with E-state index < -0.39 is 0 Å². The third-order valence-electron chi connectivity index (χ3n) is 2.48. The summed E-state index contributed by atoms with van der Waals surface area (Å²) in [6.07, 6.45) is 0.797. The molecule has 0 amide bonds. The number of nitrogens with two attached hydrogens (primary N) is 1. The van der Waals surface area contributed by atoms with Gasteiger partial charge in [0.2, 0.25) is 0 Å². The highest BCUT2D eigenvalue weighted by Crippen LogP contribution is 2.35. The molecule has 14 heavy (non-hydrogen) atoms. The van der Waals surface area contributed by atoms with Crippen LogP contribution in [0.4, 0.5) is 0 Å². The van der Waals surface area contributed by atoms with Crippen LogP contribution in [0.5, 0.6) is 11.5 Å². The van der Waals surface area contributed by atoms with Crippen LogP contribution in [-0.2, 0) is 5.41 Å². The standard InChI is InChI=1S/C11H17NO2/c1-11(2,5-6-12)9-4-3-8(13)7-10(9)14/h3-4,7,13-14H,5-6,12H2,1-2H3. The average molecular weight is 195 g/mol. The Morgan fingerprint density at radius 2 is 1.93 bits per heavy atom. The molecule has 0 aromatic heterocycles. The van der Waals surface area contributed by atoms with Crippen molar-refractivity contribution in [3.8, 4) is 11.5 Å². The van der Waals surface area contributed by atoms with Crippen LogP contribution in [-0.4, -0.2) is 16.8 Å². The van der Waals surface area contributed by atoms with Crippen molar-refractivity contribution in [2.24, 2.45) is 5.73 Å². The van der Waals surface area contributed by atoms with E-state index in [1.54, 1.807) is 12.1 Å². The molecule has 3 nitrogen and oxygen atoms in total. The minimum Gasteiger partial charge on any atom is -0.508 e. The van der Waals surface area contributed by atoms with Gasteiger partial charge in [0.15, 0.2) is 0 Å². The Morgan fingerprint density at radius 1 is 1.29 bits per heavy atom. The van der Waals surface area contributed by atoms with Gasteiger partial charge in [-0.2, -0.15) is 0 Å². The summed E-state index contributed by atoms with van der Waals surface area (Å²) in [6.45, 7) is 4.62. The number of aromatic hydroxyl groups is 2. The summed E-state index contributed by atoms with van der Waals surface area (Å²) in [4.78, 5) is 0. The molecular formula is C11H17NO2. The number of phenols is 2. The second-order valence-electron chi connectivity index (χ2n) is 4.12. The van der Waals surface area contributed by atoms with Crippen molar-refractivity contribution in [1.82, 2.24) is 0 Å². The first-order valence-electron chi connectivity index (χ1n) is 4.70. The Kier molecular flexibility index (Phi) is 3.01. The van der Waals surface area contributed by atoms with Crippen molar-refractivity contribution in [3.63, 3.8) is 0 Å². The molecule has 0 heterocycles. The van der Waals surface area contributed by atoms with Gasteiger partial charge in [-0.3, -0.25) is 0 Å². The van der Waals surface area contributed by atoms with E-state index >= 15 is 0 Å². The predicted molar refractivity (Wildman–Crippen MR) is 56.5 cm³/mol. The van der Waals surface area contributed by atoms with Crippen LogP contribution < -0.4 is 5.73 Å². The fraction of sp³-hybridized carbons (Fsp3) is 0.455. The number of hydrogen-bond donors (Lipinski definition) is 3. The Hall–Kier alpha value is -1.22. The number of hydrogen-bond acceptors (Lipinski definition) is 3. The van der Waals surface area contributed by atoms with Crippen molar-refractivity contribution in [3.05, 3.63) is 23.8 Å². The van der Waals surface area contributed by atoms with Crippen molar-refractivity contribution in [2.75, 3.05) is 6.54 Å². The number of benzene rings is 1. The van der Waals surface area contributed by atoms with Gasteiger partial charge in [0.25, 0.3) is 0 Å². The van der Waals surface area contributed by atoms with Crippen LogP contribution in [0.2, 0.25) is 0 Å². The third kappa shape index (κ3) is 2.17. The highest BCUT2D eigenvalue weighted by Gasteiger charge is 2.22. The zero-order chi connectivity index (χ0) is 10.8. The zero-order valence-electron chi connectivity index (χ0n) is 8.62. The van der Waals surface area contributed by atoms with Crippen molar-refractivity contribution in [1.29, 1.82) is 0 Å². The van der Waals surface area contributed by atoms with E-state index in [-0.39, 0.29) is 16.9 Å². The fourth-order valence-corrected chi connectivity index (χ4v) is 1.59. The summed E-state index contributed by atoms with van der Waals surface area (Å²) in [5, 5.41) is 18.8. The Morgan fingerprint density at radius 3 is 2.43 bits per heavy atom. The first-order chi connectivity index (χ1) is 6.47. The molecule has 0 unspecified atom stereocenters. The largest absolute Gasteiger partial charge is 0.508 e. The number of phenolic OH excluding ortho intramolecular Hbond substituents is 2. The lowest BCUT2D eigenvalue weighted by Gasteiger charge is -2.25. The van der Waals surface area contributed by atoms with Crippen molar-refractivity contribution >= 4 is 0 Å². The van der Waals surface area contributed by atoms with E-state index in [1.807, 2.05) is 13.8 Å². The van der Waals surface area contributed by atoms with Crippen LogP contribution in [0.25, 0.3) is 0 Å². The maximum atomic E-state index is 9.65. The summed E-state index contributed by atoms with van der Waals surface area (Å²) in [6, 6.07) is 4.67. The first kappa shape index (κ1) is 10.9. The molecule has 1 aromatic carbocycles. The van der Waals surface area contributed by atoms with E-state index in [1.165, 1.54) is 6.07 Å².